The van der Waals surface area contributed by atoms with Crippen LogP contribution in [0.2, 0.25) is 0 Å². The summed E-state index contributed by atoms with van der Waals surface area (Å²) in [6.45, 7) is 4.09. The lowest BCUT2D eigenvalue weighted by Crippen LogP contribution is -2.18. The van der Waals surface area contributed by atoms with E-state index in [-0.39, 0.29) is 18.4 Å². The Balaban J connectivity index is 2.35. The van der Waals surface area contributed by atoms with Gasteiger partial charge in [-0.25, -0.2) is 0 Å². The molecule has 0 fully saturated rings. The number of rotatable bonds is 4. The standard InChI is InChI=1S/C15H18N2O2/c1-3-19-15(18)9-13(16)12-8-10(2)17-14-7-5-4-6-11(12)14/h4-8,13H,3,9,16H2,1-2H3. The Morgan fingerprint density at radius 3 is 2.89 bits per heavy atom. The van der Waals surface area contributed by atoms with Gasteiger partial charge in [0.2, 0.25) is 0 Å². The highest BCUT2D eigenvalue weighted by molar-refractivity contribution is 5.83. The monoisotopic (exact) mass is 258 g/mol. The quantitative estimate of drug-likeness (QED) is 0.856. The number of esters is 1. The number of carbonyl (C=O) groups is 1. The third kappa shape index (κ3) is 3.09. The molecule has 0 spiro atoms. The smallest absolute Gasteiger partial charge is 0.307 e. The molecule has 2 rings (SSSR count). The Labute approximate surface area is 112 Å². The van der Waals surface area contributed by atoms with Crippen LogP contribution in [0.25, 0.3) is 10.9 Å². The molecular weight excluding hydrogens is 240 g/mol. The molecule has 0 aliphatic carbocycles. The van der Waals surface area contributed by atoms with Crippen molar-refractivity contribution in [1.29, 1.82) is 0 Å². The molecule has 1 aromatic carbocycles. The lowest BCUT2D eigenvalue weighted by molar-refractivity contribution is -0.143. The van der Waals surface area contributed by atoms with E-state index in [0.29, 0.717) is 6.61 Å². The second kappa shape index (κ2) is 5.80. The molecule has 100 valence electrons. The normalized spacial score (nSPS) is 12.4. The van der Waals surface area contributed by atoms with Gasteiger partial charge in [-0.05, 0) is 31.5 Å². The Morgan fingerprint density at radius 2 is 2.16 bits per heavy atom. The Morgan fingerprint density at radius 1 is 1.42 bits per heavy atom. The number of pyridine rings is 1. The molecule has 0 bridgehead atoms. The maximum absolute atomic E-state index is 11.5. The predicted octanol–water partition coefficient (Wildman–Crippen LogP) is 2.50. The molecular formula is C15H18N2O2. The summed E-state index contributed by atoms with van der Waals surface area (Å²) in [5.74, 6) is -0.270. The van der Waals surface area contributed by atoms with Crippen LogP contribution in [-0.4, -0.2) is 17.6 Å². The predicted molar refractivity (Wildman–Crippen MR) is 74.7 cm³/mol. The molecule has 2 aromatic rings. The van der Waals surface area contributed by atoms with Crippen LogP contribution in [0.1, 0.15) is 30.6 Å². The van der Waals surface area contributed by atoms with Gasteiger partial charge in [-0.1, -0.05) is 18.2 Å². The van der Waals surface area contributed by atoms with Gasteiger partial charge >= 0.3 is 5.97 Å². The molecule has 0 amide bonds. The second-order valence-corrected chi connectivity index (χ2v) is 4.49. The van der Waals surface area contributed by atoms with Crippen molar-refractivity contribution in [1.82, 2.24) is 4.98 Å². The van der Waals surface area contributed by atoms with E-state index >= 15 is 0 Å². The largest absolute Gasteiger partial charge is 0.466 e. The van der Waals surface area contributed by atoms with Crippen molar-refractivity contribution < 1.29 is 9.53 Å². The number of ether oxygens (including phenoxy) is 1. The average Bonchev–Trinajstić information content (AvgIpc) is 2.37. The fourth-order valence-electron chi connectivity index (χ4n) is 2.16. The fraction of sp³-hybridized carbons (Fsp3) is 0.333. The van der Waals surface area contributed by atoms with Crippen molar-refractivity contribution in [3.63, 3.8) is 0 Å². The minimum atomic E-state index is -0.370. The molecule has 0 radical (unpaired) electrons. The number of nitrogens with two attached hydrogens (primary N) is 1. The maximum Gasteiger partial charge on any atom is 0.307 e. The summed E-state index contributed by atoms with van der Waals surface area (Å²) in [6.07, 6.45) is 0.182. The lowest BCUT2D eigenvalue weighted by atomic mass is 9.99. The average molecular weight is 258 g/mol. The molecule has 1 heterocycles. The summed E-state index contributed by atoms with van der Waals surface area (Å²) in [7, 11) is 0. The Bertz CT molecular complexity index is 596. The zero-order chi connectivity index (χ0) is 13.8. The summed E-state index contributed by atoms with van der Waals surface area (Å²) in [4.78, 5) is 16.0. The van der Waals surface area contributed by atoms with Gasteiger partial charge in [0.05, 0.1) is 18.5 Å². The molecule has 4 heteroatoms. The molecule has 4 nitrogen and oxygen atoms in total. The van der Waals surface area contributed by atoms with Crippen LogP contribution < -0.4 is 5.73 Å². The van der Waals surface area contributed by atoms with Crippen molar-refractivity contribution in [3.8, 4) is 0 Å². The summed E-state index contributed by atoms with van der Waals surface area (Å²) in [5.41, 5.74) is 8.87. The van der Waals surface area contributed by atoms with Gasteiger partial charge in [0.15, 0.2) is 0 Å². The third-order valence-corrected chi connectivity index (χ3v) is 2.97. The van der Waals surface area contributed by atoms with Gasteiger partial charge in [-0.15, -0.1) is 0 Å². The van der Waals surface area contributed by atoms with E-state index in [1.165, 1.54) is 0 Å². The first-order valence-corrected chi connectivity index (χ1v) is 6.39. The van der Waals surface area contributed by atoms with Gasteiger partial charge in [0.1, 0.15) is 0 Å². The van der Waals surface area contributed by atoms with E-state index in [1.807, 2.05) is 37.3 Å². The summed E-state index contributed by atoms with van der Waals surface area (Å²) in [6, 6.07) is 9.37. The lowest BCUT2D eigenvalue weighted by Gasteiger charge is -2.14. The van der Waals surface area contributed by atoms with Crippen LogP contribution in [0, 0.1) is 6.92 Å². The minimum Gasteiger partial charge on any atom is -0.466 e. The fourth-order valence-corrected chi connectivity index (χ4v) is 2.16. The number of hydrogen-bond acceptors (Lipinski definition) is 4. The first kappa shape index (κ1) is 13.5. The van der Waals surface area contributed by atoms with E-state index in [0.717, 1.165) is 22.2 Å². The van der Waals surface area contributed by atoms with E-state index in [4.69, 9.17) is 10.5 Å². The van der Waals surface area contributed by atoms with Gasteiger partial charge < -0.3 is 10.5 Å². The zero-order valence-corrected chi connectivity index (χ0v) is 11.2. The molecule has 0 saturated carbocycles. The number of nitrogens with zero attached hydrogens (tertiary/aromatic N) is 1. The van der Waals surface area contributed by atoms with Crippen LogP contribution in [-0.2, 0) is 9.53 Å². The molecule has 0 aliphatic rings. The zero-order valence-electron chi connectivity index (χ0n) is 11.2. The number of fused-ring (bicyclic) bond motifs is 1. The van der Waals surface area contributed by atoms with E-state index in [2.05, 4.69) is 4.98 Å². The van der Waals surface area contributed by atoms with Gasteiger partial charge in [0, 0.05) is 17.1 Å². The Kier molecular flexibility index (Phi) is 4.12. The van der Waals surface area contributed by atoms with Crippen LogP contribution in [0.3, 0.4) is 0 Å². The number of carbonyl (C=O) groups excluding carboxylic acids is 1. The number of hydrogen-bond donors (Lipinski definition) is 1. The topological polar surface area (TPSA) is 65.2 Å². The second-order valence-electron chi connectivity index (χ2n) is 4.49. The number of para-hydroxylation sites is 1. The number of benzene rings is 1. The van der Waals surface area contributed by atoms with E-state index in [9.17, 15) is 4.79 Å². The molecule has 1 unspecified atom stereocenters. The molecule has 0 saturated heterocycles. The molecule has 1 aromatic heterocycles. The highest BCUT2D eigenvalue weighted by Crippen LogP contribution is 2.24. The van der Waals surface area contributed by atoms with E-state index < -0.39 is 0 Å². The van der Waals surface area contributed by atoms with Crippen molar-refractivity contribution in [2.24, 2.45) is 5.73 Å². The molecule has 1 atom stereocenters. The van der Waals surface area contributed by atoms with Crippen LogP contribution in [0.15, 0.2) is 30.3 Å². The van der Waals surface area contributed by atoms with Gasteiger partial charge in [0.25, 0.3) is 0 Å². The molecule has 2 N–H and O–H groups in total. The van der Waals surface area contributed by atoms with E-state index in [1.54, 1.807) is 6.92 Å². The van der Waals surface area contributed by atoms with Crippen LogP contribution in [0.5, 0.6) is 0 Å². The summed E-state index contributed by atoms with van der Waals surface area (Å²) in [5, 5.41) is 0.991. The number of aromatic nitrogens is 1. The molecule has 19 heavy (non-hydrogen) atoms. The summed E-state index contributed by atoms with van der Waals surface area (Å²) >= 11 is 0. The van der Waals surface area contributed by atoms with Crippen molar-refractivity contribution in [2.75, 3.05) is 6.61 Å². The van der Waals surface area contributed by atoms with Crippen molar-refractivity contribution in [3.05, 3.63) is 41.6 Å². The highest BCUT2D eigenvalue weighted by Gasteiger charge is 2.15. The van der Waals surface area contributed by atoms with Gasteiger partial charge in [-0.2, -0.15) is 0 Å². The first-order chi connectivity index (χ1) is 9.11. The summed E-state index contributed by atoms with van der Waals surface area (Å²) < 4.78 is 4.94. The van der Waals surface area contributed by atoms with Gasteiger partial charge in [-0.3, -0.25) is 9.78 Å². The van der Waals surface area contributed by atoms with Crippen molar-refractivity contribution >= 4 is 16.9 Å². The van der Waals surface area contributed by atoms with Crippen molar-refractivity contribution in [2.45, 2.75) is 26.3 Å². The minimum absolute atomic E-state index is 0.182. The SMILES string of the molecule is CCOC(=O)CC(N)c1cc(C)nc2ccccc12. The highest BCUT2D eigenvalue weighted by atomic mass is 16.5. The third-order valence-electron chi connectivity index (χ3n) is 2.97. The van der Waals surface area contributed by atoms with Crippen LogP contribution in [0.4, 0.5) is 0 Å². The Hall–Kier alpha value is -1.94. The first-order valence-electron chi connectivity index (χ1n) is 6.39. The van der Waals surface area contributed by atoms with Crippen LogP contribution >= 0.6 is 0 Å². The maximum atomic E-state index is 11.5. The number of aryl methyl sites for hydroxylation is 1. The molecule has 0 aliphatic heterocycles.